The van der Waals surface area contributed by atoms with Gasteiger partial charge in [0.25, 0.3) is 14.2 Å². The third-order valence-electron chi connectivity index (χ3n) is 6.12. The van der Waals surface area contributed by atoms with Gasteiger partial charge in [-0.15, -0.1) is 0 Å². The van der Waals surface area contributed by atoms with Crippen molar-refractivity contribution in [3.63, 3.8) is 0 Å². The highest BCUT2D eigenvalue weighted by Gasteiger charge is 2.50. The average molecular weight is 477 g/mol. The molecule has 0 spiro atoms. The van der Waals surface area contributed by atoms with E-state index in [1.165, 1.54) is 18.2 Å². The summed E-state index contributed by atoms with van der Waals surface area (Å²) in [5.74, 6) is -0.412. The van der Waals surface area contributed by atoms with Crippen molar-refractivity contribution in [3.05, 3.63) is 94.5 Å². The molecule has 0 unspecified atom stereocenters. The Labute approximate surface area is 200 Å². The lowest BCUT2D eigenvalue weighted by molar-refractivity contribution is -0.385. The van der Waals surface area contributed by atoms with Crippen LogP contribution in [0.4, 0.5) is 5.69 Å². The number of hydrogen-bond acceptors (Lipinski definition) is 5. The van der Waals surface area contributed by atoms with Crippen molar-refractivity contribution in [1.82, 2.24) is 5.32 Å². The molecule has 34 heavy (non-hydrogen) atoms. The van der Waals surface area contributed by atoms with Gasteiger partial charge in [-0.2, -0.15) is 0 Å². The quantitative estimate of drug-likeness (QED) is 0.333. The molecule has 8 heteroatoms. The Morgan fingerprint density at radius 2 is 1.59 bits per heavy atom. The van der Waals surface area contributed by atoms with E-state index in [1.807, 2.05) is 36.4 Å². The molecule has 3 aromatic rings. The first-order valence-electron chi connectivity index (χ1n) is 11.2. The second kappa shape index (κ2) is 9.40. The monoisotopic (exact) mass is 476 g/mol. The van der Waals surface area contributed by atoms with Crippen molar-refractivity contribution in [3.8, 4) is 5.75 Å². The first-order chi connectivity index (χ1) is 16.2. The molecular formula is C26H28N2O5Si. The van der Waals surface area contributed by atoms with E-state index in [0.717, 1.165) is 10.4 Å². The van der Waals surface area contributed by atoms with E-state index in [4.69, 9.17) is 9.16 Å². The predicted molar refractivity (Wildman–Crippen MR) is 133 cm³/mol. The molecule has 1 atom stereocenters. The smallest absolute Gasteiger partial charge is 0.311 e. The van der Waals surface area contributed by atoms with E-state index in [-0.39, 0.29) is 35.3 Å². The van der Waals surface area contributed by atoms with Crippen molar-refractivity contribution in [2.24, 2.45) is 0 Å². The van der Waals surface area contributed by atoms with Gasteiger partial charge >= 0.3 is 5.69 Å². The number of para-hydroxylation sites is 1. The molecule has 0 aliphatic carbocycles. The summed E-state index contributed by atoms with van der Waals surface area (Å²) >= 11 is 0. The zero-order valence-corrected chi connectivity index (χ0v) is 20.5. The van der Waals surface area contributed by atoms with Crippen LogP contribution in [-0.2, 0) is 4.43 Å². The van der Waals surface area contributed by atoms with E-state index in [2.05, 4.69) is 50.4 Å². The Bertz CT molecular complexity index is 1140. The zero-order valence-electron chi connectivity index (χ0n) is 19.5. The molecule has 1 aliphatic heterocycles. The van der Waals surface area contributed by atoms with Gasteiger partial charge in [0, 0.05) is 6.07 Å². The minimum absolute atomic E-state index is 0.00190. The number of nitrogens with one attached hydrogen (secondary N) is 1. The summed E-state index contributed by atoms with van der Waals surface area (Å²) in [6, 6.07) is 24.3. The minimum atomic E-state index is -2.80. The molecule has 7 nitrogen and oxygen atoms in total. The highest BCUT2D eigenvalue weighted by atomic mass is 28.4. The Hall–Kier alpha value is -3.49. The van der Waals surface area contributed by atoms with Crippen LogP contribution >= 0.6 is 0 Å². The average Bonchev–Trinajstić information content (AvgIpc) is 2.98. The molecule has 0 saturated carbocycles. The van der Waals surface area contributed by atoms with Crippen LogP contribution in [0.3, 0.4) is 0 Å². The second-order valence-electron chi connectivity index (χ2n) is 9.37. The molecule has 0 fully saturated rings. The van der Waals surface area contributed by atoms with Crippen LogP contribution in [-0.4, -0.2) is 38.4 Å². The normalized spacial score (nSPS) is 16.1. The van der Waals surface area contributed by atoms with Crippen LogP contribution in [0.15, 0.2) is 78.9 Å². The van der Waals surface area contributed by atoms with E-state index in [0.29, 0.717) is 0 Å². The molecule has 0 saturated heterocycles. The Morgan fingerprint density at radius 1 is 1.00 bits per heavy atom. The van der Waals surface area contributed by atoms with E-state index >= 15 is 0 Å². The van der Waals surface area contributed by atoms with E-state index in [1.54, 1.807) is 0 Å². The highest BCUT2D eigenvalue weighted by molar-refractivity contribution is 6.99. The molecule has 1 aliphatic rings. The van der Waals surface area contributed by atoms with Gasteiger partial charge in [0.1, 0.15) is 6.61 Å². The molecule has 1 heterocycles. The number of rotatable bonds is 6. The number of nitrogens with zero attached hydrogens (tertiary/aromatic N) is 1. The molecule has 176 valence electrons. The summed E-state index contributed by atoms with van der Waals surface area (Å²) in [7, 11) is -2.80. The van der Waals surface area contributed by atoms with Gasteiger partial charge in [-0.3, -0.25) is 14.9 Å². The van der Waals surface area contributed by atoms with Crippen molar-refractivity contribution in [2.45, 2.75) is 31.9 Å². The fourth-order valence-corrected chi connectivity index (χ4v) is 9.17. The molecule has 1 N–H and O–H groups in total. The molecular weight excluding hydrogens is 448 g/mol. The lowest BCUT2D eigenvalue weighted by Crippen LogP contribution is -2.67. The minimum Gasteiger partial charge on any atom is -0.484 e. The number of benzene rings is 3. The molecule has 1 amide bonds. The van der Waals surface area contributed by atoms with Gasteiger partial charge in [0.05, 0.1) is 23.1 Å². The maximum atomic E-state index is 12.9. The first-order valence-corrected chi connectivity index (χ1v) is 13.1. The fraction of sp³-hybridized carbons (Fsp3) is 0.269. The first kappa shape index (κ1) is 23.7. The number of amides is 1. The van der Waals surface area contributed by atoms with Gasteiger partial charge in [0.15, 0.2) is 0 Å². The van der Waals surface area contributed by atoms with Gasteiger partial charge in [0.2, 0.25) is 5.75 Å². The standard InChI is InChI=1S/C26H28N2O5Si/c1-26(2,3)34(20-11-6-4-7-12-20,21-13-8-5-9-14-21)33-18-19-17-32-24-22(25(29)27-19)15-10-16-23(24)28(30)31/h4-16,19H,17-18H2,1-3H3,(H,27,29)/t19-/m0/s1. The maximum Gasteiger partial charge on any atom is 0.311 e. The number of carbonyl (C=O) groups is 1. The predicted octanol–water partition coefficient (Wildman–Crippen LogP) is 3.66. The van der Waals surface area contributed by atoms with Crippen molar-refractivity contribution in [2.75, 3.05) is 13.2 Å². The Balaban J connectivity index is 1.67. The van der Waals surface area contributed by atoms with Crippen LogP contribution in [0.1, 0.15) is 31.1 Å². The Kier molecular flexibility index (Phi) is 6.54. The largest absolute Gasteiger partial charge is 0.484 e. The molecule has 0 aromatic heterocycles. The van der Waals surface area contributed by atoms with Crippen LogP contribution in [0.2, 0.25) is 5.04 Å². The number of hydrogen-bond donors (Lipinski definition) is 1. The van der Waals surface area contributed by atoms with E-state index < -0.39 is 25.2 Å². The summed E-state index contributed by atoms with van der Waals surface area (Å²) in [6.07, 6.45) is 0. The lowest BCUT2D eigenvalue weighted by atomic mass is 10.1. The third-order valence-corrected chi connectivity index (χ3v) is 11.1. The zero-order chi connectivity index (χ0) is 24.3. The van der Waals surface area contributed by atoms with Gasteiger partial charge in [-0.1, -0.05) is 87.5 Å². The molecule has 3 aromatic carbocycles. The fourth-order valence-electron chi connectivity index (χ4n) is 4.56. The van der Waals surface area contributed by atoms with Crippen LogP contribution in [0.5, 0.6) is 5.75 Å². The lowest BCUT2D eigenvalue weighted by Gasteiger charge is -2.43. The van der Waals surface area contributed by atoms with E-state index in [9.17, 15) is 14.9 Å². The molecule has 0 radical (unpaired) electrons. The topological polar surface area (TPSA) is 90.7 Å². The van der Waals surface area contributed by atoms with Gasteiger partial charge in [-0.25, -0.2) is 0 Å². The summed E-state index contributed by atoms with van der Waals surface area (Å²) < 4.78 is 12.7. The van der Waals surface area contributed by atoms with Gasteiger partial charge in [-0.05, 0) is 21.5 Å². The van der Waals surface area contributed by atoms with Crippen molar-refractivity contribution >= 4 is 30.3 Å². The Morgan fingerprint density at radius 3 is 2.12 bits per heavy atom. The number of nitro benzene ring substituents is 1. The number of nitro groups is 1. The van der Waals surface area contributed by atoms with Gasteiger partial charge < -0.3 is 14.5 Å². The number of ether oxygens (including phenoxy) is 1. The van der Waals surface area contributed by atoms with Crippen LogP contribution in [0, 0.1) is 10.1 Å². The van der Waals surface area contributed by atoms with Crippen LogP contribution < -0.4 is 20.4 Å². The SMILES string of the molecule is CC(C)(C)[Si](OC[C@@H]1COc2c(cccc2[N+](=O)[O-])C(=O)N1)(c1ccccc1)c1ccccc1. The summed E-state index contributed by atoms with van der Waals surface area (Å²) in [5, 5.41) is 16.4. The van der Waals surface area contributed by atoms with Crippen molar-refractivity contribution < 1.29 is 18.9 Å². The highest BCUT2D eigenvalue weighted by Crippen LogP contribution is 2.37. The molecule has 0 bridgehead atoms. The number of fused-ring (bicyclic) bond motifs is 1. The third kappa shape index (κ3) is 4.34. The summed E-state index contributed by atoms with van der Waals surface area (Å²) in [5.41, 5.74) is -0.0663. The molecule has 4 rings (SSSR count). The van der Waals surface area contributed by atoms with Crippen molar-refractivity contribution in [1.29, 1.82) is 0 Å². The maximum absolute atomic E-state index is 12.9. The number of carbonyl (C=O) groups excluding carboxylic acids is 1. The van der Waals surface area contributed by atoms with Crippen LogP contribution in [0.25, 0.3) is 0 Å². The second-order valence-corrected chi connectivity index (χ2v) is 13.7. The summed E-state index contributed by atoms with van der Waals surface area (Å²) in [6.45, 7) is 6.82. The summed E-state index contributed by atoms with van der Waals surface area (Å²) in [4.78, 5) is 23.8.